The van der Waals surface area contributed by atoms with Crippen molar-refractivity contribution in [3.05, 3.63) is 0 Å². The smallest absolute Gasteiger partial charge is 0.326 e. The van der Waals surface area contributed by atoms with Crippen LogP contribution >= 0.6 is 12.6 Å². The van der Waals surface area contributed by atoms with Crippen LogP contribution in [0.4, 0.5) is 0 Å². The molecule has 0 radical (unpaired) electrons. The molecule has 3 amide bonds. The summed E-state index contributed by atoms with van der Waals surface area (Å²) in [6.07, 6.45) is -0.00188. The van der Waals surface area contributed by atoms with Crippen LogP contribution in [-0.4, -0.2) is 65.2 Å². The number of nitrogens with one attached hydrogen (secondary N) is 2. The first-order valence-corrected chi connectivity index (χ1v) is 8.25. The molecule has 0 saturated carbocycles. The largest absolute Gasteiger partial charge is 0.480 e. The van der Waals surface area contributed by atoms with Crippen molar-refractivity contribution in [2.45, 2.75) is 37.4 Å². The number of hydrogen-bond acceptors (Lipinski definition) is 7. The van der Waals surface area contributed by atoms with Crippen molar-refractivity contribution in [2.24, 2.45) is 27.9 Å². The summed E-state index contributed by atoms with van der Waals surface area (Å²) >= 11 is 3.95. The fraction of sp³-hybridized carbons (Fsp3) is 0.615. The molecule has 0 rings (SSSR count). The summed E-state index contributed by atoms with van der Waals surface area (Å²) in [6.45, 7) is 0.205. The third-order valence-electron chi connectivity index (χ3n) is 3.13. The molecule has 0 aliphatic carbocycles. The summed E-state index contributed by atoms with van der Waals surface area (Å²) < 4.78 is 0. The lowest BCUT2D eigenvalue weighted by Gasteiger charge is -2.21. The van der Waals surface area contributed by atoms with Crippen LogP contribution in [0, 0.1) is 0 Å². The Balaban J connectivity index is 4.71. The van der Waals surface area contributed by atoms with Crippen LogP contribution < -0.4 is 33.6 Å². The summed E-state index contributed by atoms with van der Waals surface area (Å²) in [6, 6.07) is -3.56. The highest BCUT2D eigenvalue weighted by molar-refractivity contribution is 7.80. The number of thiol groups is 1. The summed E-state index contributed by atoms with van der Waals surface area (Å²) in [4.78, 5) is 49.7. The second-order valence-electron chi connectivity index (χ2n) is 5.37. The van der Waals surface area contributed by atoms with Crippen molar-refractivity contribution in [1.29, 1.82) is 0 Å². The first kappa shape index (κ1) is 23.5. The van der Waals surface area contributed by atoms with E-state index in [0.717, 1.165) is 0 Å². The third-order valence-corrected chi connectivity index (χ3v) is 3.50. The molecule has 0 fully saturated rings. The predicted molar refractivity (Wildman–Crippen MR) is 97.0 cm³/mol. The van der Waals surface area contributed by atoms with E-state index >= 15 is 0 Å². The van der Waals surface area contributed by atoms with Gasteiger partial charge in [0.25, 0.3) is 0 Å². The molecule has 11 N–H and O–H groups in total. The molecule has 3 atom stereocenters. The van der Waals surface area contributed by atoms with E-state index in [2.05, 4.69) is 28.3 Å². The van der Waals surface area contributed by atoms with Gasteiger partial charge in [0.1, 0.15) is 12.1 Å². The Hall–Kier alpha value is -2.54. The Morgan fingerprint density at radius 3 is 2.08 bits per heavy atom. The van der Waals surface area contributed by atoms with Gasteiger partial charge in [0, 0.05) is 12.3 Å². The highest BCUT2D eigenvalue weighted by Crippen LogP contribution is 2.01. The fourth-order valence-corrected chi connectivity index (χ4v) is 2.07. The molecule has 148 valence electrons. The van der Waals surface area contributed by atoms with Gasteiger partial charge in [-0.05, 0) is 12.8 Å². The standard InChI is InChI=1S/C13H25N7O5S/c14-6(4-9(15)21)10(22)20-8(5-26)11(23)19-7(12(24)25)2-1-3-18-13(16)17/h6-8,26H,1-5,14H2,(H2,15,21)(H,19,23)(H,20,22)(H,24,25)(H4,16,17,18)/t6-,7-,8-/m0/s1. The van der Waals surface area contributed by atoms with Crippen LogP contribution in [0.15, 0.2) is 4.99 Å². The first-order chi connectivity index (χ1) is 12.1. The molecular weight excluding hydrogens is 366 g/mol. The molecule has 0 bridgehead atoms. The van der Waals surface area contributed by atoms with E-state index in [1.165, 1.54) is 0 Å². The zero-order valence-electron chi connectivity index (χ0n) is 14.1. The van der Waals surface area contributed by atoms with Crippen LogP contribution in [0.2, 0.25) is 0 Å². The zero-order chi connectivity index (χ0) is 20.3. The fourth-order valence-electron chi connectivity index (χ4n) is 1.82. The average molecular weight is 391 g/mol. The number of carboxylic acid groups (broad SMARTS) is 1. The van der Waals surface area contributed by atoms with Crippen molar-refractivity contribution in [3.8, 4) is 0 Å². The monoisotopic (exact) mass is 391 g/mol. The minimum absolute atomic E-state index is 0.0757. The normalized spacial score (nSPS) is 13.8. The molecule has 0 saturated heterocycles. The minimum atomic E-state index is -1.25. The van der Waals surface area contributed by atoms with Gasteiger partial charge in [-0.25, -0.2) is 4.79 Å². The highest BCUT2D eigenvalue weighted by Gasteiger charge is 2.27. The second-order valence-corrected chi connectivity index (χ2v) is 5.73. The maximum atomic E-state index is 12.2. The molecule has 12 nitrogen and oxygen atoms in total. The van der Waals surface area contributed by atoms with Gasteiger partial charge >= 0.3 is 5.97 Å². The quantitative estimate of drug-likeness (QED) is 0.0710. The lowest BCUT2D eigenvalue weighted by molar-refractivity contribution is -0.142. The maximum Gasteiger partial charge on any atom is 0.326 e. The van der Waals surface area contributed by atoms with Crippen LogP contribution in [-0.2, 0) is 19.2 Å². The molecule has 0 aliphatic rings. The van der Waals surface area contributed by atoms with E-state index < -0.39 is 48.2 Å². The van der Waals surface area contributed by atoms with E-state index in [-0.39, 0.29) is 24.7 Å². The van der Waals surface area contributed by atoms with Crippen LogP contribution in [0.5, 0.6) is 0 Å². The highest BCUT2D eigenvalue weighted by atomic mass is 32.1. The molecule has 26 heavy (non-hydrogen) atoms. The Kier molecular flexibility index (Phi) is 10.8. The summed E-state index contributed by atoms with van der Waals surface area (Å²) in [5, 5.41) is 13.8. The zero-order valence-corrected chi connectivity index (χ0v) is 14.9. The number of primary amides is 1. The average Bonchev–Trinajstić information content (AvgIpc) is 2.53. The maximum absolute atomic E-state index is 12.2. The summed E-state index contributed by atoms with van der Waals surface area (Å²) in [7, 11) is 0. The topological polar surface area (TPSA) is 229 Å². The van der Waals surface area contributed by atoms with Gasteiger partial charge < -0.3 is 38.7 Å². The number of carbonyl (C=O) groups excluding carboxylic acids is 3. The van der Waals surface area contributed by atoms with Crippen molar-refractivity contribution >= 4 is 42.3 Å². The number of guanidine groups is 1. The number of carboxylic acids is 1. The van der Waals surface area contributed by atoms with E-state index in [1.807, 2.05) is 0 Å². The number of nitrogens with two attached hydrogens (primary N) is 4. The molecule has 0 spiro atoms. The number of aliphatic imine (C=N–C) groups is 1. The van der Waals surface area contributed by atoms with Crippen molar-refractivity contribution in [3.63, 3.8) is 0 Å². The Morgan fingerprint density at radius 2 is 1.62 bits per heavy atom. The molecule has 0 heterocycles. The van der Waals surface area contributed by atoms with E-state index in [0.29, 0.717) is 6.42 Å². The van der Waals surface area contributed by atoms with Crippen molar-refractivity contribution in [1.82, 2.24) is 10.6 Å². The van der Waals surface area contributed by atoms with E-state index in [9.17, 15) is 24.3 Å². The summed E-state index contributed by atoms with van der Waals surface area (Å²) in [5.41, 5.74) is 20.8. The predicted octanol–water partition coefficient (Wildman–Crippen LogP) is -3.77. The number of amides is 3. The number of rotatable bonds is 12. The summed E-state index contributed by atoms with van der Waals surface area (Å²) in [5.74, 6) is -3.79. The van der Waals surface area contributed by atoms with Crippen molar-refractivity contribution < 1.29 is 24.3 Å². The first-order valence-electron chi connectivity index (χ1n) is 7.62. The SMILES string of the molecule is NC(=O)C[C@H](N)C(=O)N[C@@H](CS)C(=O)N[C@@H](CCCN=C(N)N)C(=O)O. The number of carbonyl (C=O) groups is 4. The third kappa shape index (κ3) is 9.68. The van der Waals surface area contributed by atoms with Gasteiger partial charge in [-0.1, -0.05) is 0 Å². The van der Waals surface area contributed by atoms with Gasteiger partial charge in [0.15, 0.2) is 5.96 Å². The number of nitrogens with zero attached hydrogens (tertiary/aromatic N) is 1. The van der Waals surface area contributed by atoms with Crippen LogP contribution in [0.25, 0.3) is 0 Å². The molecule has 0 aliphatic heterocycles. The number of hydrogen-bond donors (Lipinski definition) is 8. The Bertz CT molecular complexity index is 553. The van der Waals surface area contributed by atoms with Gasteiger partial charge in [-0.2, -0.15) is 12.6 Å². The molecular formula is C13H25N7O5S. The van der Waals surface area contributed by atoms with Gasteiger partial charge in [-0.3, -0.25) is 19.4 Å². The Morgan fingerprint density at radius 1 is 1.04 bits per heavy atom. The molecule has 0 aromatic carbocycles. The Labute approximate surface area is 155 Å². The second kappa shape index (κ2) is 11.9. The number of aliphatic carboxylic acids is 1. The van der Waals surface area contributed by atoms with E-state index in [1.54, 1.807) is 0 Å². The van der Waals surface area contributed by atoms with E-state index in [4.69, 9.17) is 22.9 Å². The van der Waals surface area contributed by atoms with Crippen molar-refractivity contribution in [2.75, 3.05) is 12.3 Å². The van der Waals surface area contributed by atoms with Gasteiger partial charge in [0.2, 0.25) is 17.7 Å². The van der Waals surface area contributed by atoms with Crippen LogP contribution in [0.3, 0.4) is 0 Å². The van der Waals surface area contributed by atoms with Crippen LogP contribution in [0.1, 0.15) is 19.3 Å². The van der Waals surface area contributed by atoms with Gasteiger partial charge in [-0.15, -0.1) is 0 Å². The lowest BCUT2D eigenvalue weighted by atomic mass is 10.1. The lowest BCUT2D eigenvalue weighted by Crippen LogP contribution is -2.55. The minimum Gasteiger partial charge on any atom is -0.480 e. The van der Waals surface area contributed by atoms with Gasteiger partial charge in [0.05, 0.1) is 12.5 Å². The molecule has 0 aromatic heterocycles. The molecule has 13 heteroatoms. The molecule has 0 aromatic rings. The molecule has 0 unspecified atom stereocenters.